The molecule has 14 heavy (non-hydrogen) atoms. The van der Waals surface area contributed by atoms with Gasteiger partial charge in [-0.2, -0.15) is 5.10 Å². The lowest BCUT2D eigenvalue weighted by molar-refractivity contribution is -0.385. The van der Waals surface area contributed by atoms with Gasteiger partial charge in [-0.3, -0.25) is 19.6 Å². The zero-order chi connectivity index (χ0) is 10.7. The standard InChI is InChI=1S/C8H11N3O3/c1-3-4-6-8(11(13)14)7(5-12)10(2)9-6/h5H,3-4H2,1-2H3. The molecule has 0 bridgehead atoms. The second kappa shape index (κ2) is 3.99. The summed E-state index contributed by atoms with van der Waals surface area (Å²) in [6.45, 7) is 1.90. The Hall–Kier alpha value is -1.72. The van der Waals surface area contributed by atoms with E-state index in [9.17, 15) is 14.9 Å². The van der Waals surface area contributed by atoms with Crippen LogP contribution in [-0.4, -0.2) is 21.0 Å². The van der Waals surface area contributed by atoms with Crippen LogP contribution in [0.3, 0.4) is 0 Å². The van der Waals surface area contributed by atoms with E-state index >= 15 is 0 Å². The van der Waals surface area contributed by atoms with Gasteiger partial charge < -0.3 is 0 Å². The monoisotopic (exact) mass is 197 g/mol. The second-order valence-electron chi connectivity index (χ2n) is 2.93. The molecule has 76 valence electrons. The minimum Gasteiger partial charge on any atom is -0.296 e. The van der Waals surface area contributed by atoms with Gasteiger partial charge in [0.05, 0.1) is 4.92 Å². The van der Waals surface area contributed by atoms with Crippen molar-refractivity contribution in [3.63, 3.8) is 0 Å². The Morgan fingerprint density at radius 2 is 2.29 bits per heavy atom. The first-order chi connectivity index (χ1) is 6.61. The maximum Gasteiger partial charge on any atom is 0.320 e. The molecular weight excluding hydrogens is 186 g/mol. The molecule has 1 aromatic heterocycles. The minimum atomic E-state index is -0.554. The summed E-state index contributed by atoms with van der Waals surface area (Å²) in [5.41, 5.74) is 0.241. The highest BCUT2D eigenvalue weighted by atomic mass is 16.6. The molecule has 0 fully saturated rings. The van der Waals surface area contributed by atoms with Crippen molar-refractivity contribution in [1.29, 1.82) is 0 Å². The van der Waals surface area contributed by atoms with Crippen molar-refractivity contribution in [3.8, 4) is 0 Å². The number of nitrogens with zero attached hydrogens (tertiary/aromatic N) is 3. The van der Waals surface area contributed by atoms with Crippen molar-refractivity contribution >= 4 is 12.0 Å². The molecule has 6 nitrogen and oxygen atoms in total. The zero-order valence-electron chi connectivity index (χ0n) is 8.06. The summed E-state index contributed by atoms with van der Waals surface area (Å²) in [4.78, 5) is 20.7. The van der Waals surface area contributed by atoms with Crippen LogP contribution in [0.5, 0.6) is 0 Å². The number of hydrogen-bond acceptors (Lipinski definition) is 4. The molecule has 0 aliphatic heterocycles. The van der Waals surface area contributed by atoms with E-state index in [4.69, 9.17) is 0 Å². The third-order valence-electron chi connectivity index (χ3n) is 1.92. The summed E-state index contributed by atoms with van der Waals surface area (Å²) in [5, 5.41) is 14.6. The molecule has 0 aromatic carbocycles. The smallest absolute Gasteiger partial charge is 0.296 e. The fourth-order valence-electron chi connectivity index (χ4n) is 1.32. The SMILES string of the molecule is CCCc1nn(C)c(C=O)c1[N+](=O)[O-]. The average Bonchev–Trinajstić information content (AvgIpc) is 2.42. The summed E-state index contributed by atoms with van der Waals surface area (Å²) in [6.07, 6.45) is 1.73. The molecule has 0 radical (unpaired) electrons. The Balaban J connectivity index is 3.29. The quantitative estimate of drug-likeness (QED) is 0.411. The lowest BCUT2D eigenvalue weighted by Crippen LogP contribution is -1.98. The molecule has 1 heterocycles. The van der Waals surface area contributed by atoms with Crippen molar-refractivity contribution < 1.29 is 9.72 Å². The van der Waals surface area contributed by atoms with Crippen LogP contribution in [0.2, 0.25) is 0 Å². The molecule has 0 saturated heterocycles. The predicted octanol–water partition coefficient (Wildman–Crippen LogP) is 1.09. The molecule has 0 amide bonds. The largest absolute Gasteiger partial charge is 0.320 e. The fraction of sp³-hybridized carbons (Fsp3) is 0.500. The first-order valence-corrected chi connectivity index (χ1v) is 4.27. The van der Waals surface area contributed by atoms with E-state index in [1.54, 1.807) is 0 Å². The number of hydrogen-bond donors (Lipinski definition) is 0. The highest BCUT2D eigenvalue weighted by Gasteiger charge is 2.25. The van der Waals surface area contributed by atoms with Crippen LogP contribution in [-0.2, 0) is 13.5 Å². The number of aryl methyl sites for hydroxylation is 2. The van der Waals surface area contributed by atoms with Crippen LogP contribution in [0, 0.1) is 10.1 Å². The van der Waals surface area contributed by atoms with Gasteiger partial charge in [0.1, 0.15) is 5.69 Å². The zero-order valence-corrected chi connectivity index (χ0v) is 8.06. The predicted molar refractivity (Wildman–Crippen MR) is 49.2 cm³/mol. The number of carbonyl (C=O) groups is 1. The summed E-state index contributed by atoms with van der Waals surface area (Å²) >= 11 is 0. The van der Waals surface area contributed by atoms with E-state index in [1.807, 2.05) is 6.92 Å². The summed E-state index contributed by atoms with van der Waals surface area (Å²) < 4.78 is 1.25. The Bertz CT molecular complexity index is 370. The van der Waals surface area contributed by atoms with Crippen LogP contribution >= 0.6 is 0 Å². The summed E-state index contributed by atoms with van der Waals surface area (Å²) in [5.74, 6) is 0. The molecule has 0 spiro atoms. The van der Waals surface area contributed by atoms with E-state index in [-0.39, 0.29) is 11.4 Å². The summed E-state index contributed by atoms with van der Waals surface area (Å²) in [7, 11) is 1.52. The molecule has 0 aliphatic carbocycles. The Morgan fingerprint density at radius 3 is 2.71 bits per heavy atom. The highest BCUT2D eigenvalue weighted by Crippen LogP contribution is 2.22. The lowest BCUT2D eigenvalue weighted by Gasteiger charge is -1.91. The van der Waals surface area contributed by atoms with Crippen LogP contribution in [0.4, 0.5) is 5.69 Å². The van der Waals surface area contributed by atoms with Crippen LogP contribution in [0.15, 0.2) is 0 Å². The van der Waals surface area contributed by atoms with Crippen LogP contribution < -0.4 is 0 Å². The first-order valence-electron chi connectivity index (χ1n) is 4.27. The van der Waals surface area contributed by atoms with Crippen LogP contribution in [0.25, 0.3) is 0 Å². The van der Waals surface area contributed by atoms with Gasteiger partial charge in [-0.25, -0.2) is 0 Å². The second-order valence-corrected chi connectivity index (χ2v) is 2.93. The number of rotatable bonds is 4. The topological polar surface area (TPSA) is 78.0 Å². The van der Waals surface area contributed by atoms with Gasteiger partial charge in [-0.15, -0.1) is 0 Å². The Labute approximate surface area is 80.7 Å². The number of aldehydes is 1. The van der Waals surface area contributed by atoms with E-state index in [0.717, 1.165) is 6.42 Å². The van der Waals surface area contributed by atoms with Gasteiger partial charge in [0.2, 0.25) is 0 Å². The van der Waals surface area contributed by atoms with Gasteiger partial charge >= 0.3 is 5.69 Å². The first kappa shape index (κ1) is 10.4. The molecule has 0 aliphatic rings. The van der Waals surface area contributed by atoms with Crippen LogP contribution in [0.1, 0.15) is 29.5 Å². The average molecular weight is 197 g/mol. The van der Waals surface area contributed by atoms with Crippen molar-refractivity contribution in [1.82, 2.24) is 9.78 Å². The maximum absolute atomic E-state index is 10.7. The third-order valence-corrected chi connectivity index (χ3v) is 1.92. The number of nitro groups is 1. The fourth-order valence-corrected chi connectivity index (χ4v) is 1.32. The van der Waals surface area contributed by atoms with Gasteiger partial charge in [0.15, 0.2) is 12.0 Å². The van der Waals surface area contributed by atoms with Crippen molar-refractivity contribution in [2.45, 2.75) is 19.8 Å². The molecule has 6 heteroatoms. The normalized spacial score (nSPS) is 10.1. The van der Waals surface area contributed by atoms with Gasteiger partial charge in [0, 0.05) is 7.05 Å². The third kappa shape index (κ3) is 1.63. The number of aromatic nitrogens is 2. The minimum absolute atomic E-state index is 0.0263. The maximum atomic E-state index is 10.7. The number of carbonyl (C=O) groups excluding carboxylic acids is 1. The molecular formula is C8H11N3O3. The van der Waals surface area contributed by atoms with Crippen molar-refractivity contribution in [2.24, 2.45) is 7.05 Å². The van der Waals surface area contributed by atoms with E-state index in [0.29, 0.717) is 18.4 Å². The summed E-state index contributed by atoms with van der Waals surface area (Å²) in [6, 6.07) is 0. The molecule has 0 N–H and O–H groups in total. The Morgan fingerprint density at radius 1 is 1.64 bits per heavy atom. The van der Waals surface area contributed by atoms with E-state index < -0.39 is 4.92 Å². The van der Waals surface area contributed by atoms with Gasteiger partial charge in [0.25, 0.3) is 0 Å². The molecule has 1 aromatic rings. The Kier molecular flexibility index (Phi) is 2.95. The highest BCUT2D eigenvalue weighted by molar-refractivity contribution is 5.79. The molecule has 0 unspecified atom stereocenters. The van der Waals surface area contributed by atoms with E-state index in [2.05, 4.69) is 5.10 Å². The molecule has 0 atom stereocenters. The lowest BCUT2D eigenvalue weighted by atomic mass is 10.2. The molecule has 1 rings (SSSR count). The van der Waals surface area contributed by atoms with Crippen molar-refractivity contribution in [3.05, 3.63) is 21.5 Å². The van der Waals surface area contributed by atoms with Crippen molar-refractivity contribution in [2.75, 3.05) is 0 Å². The molecule has 0 saturated carbocycles. The van der Waals surface area contributed by atoms with Gasteiger partial charge in [-0.1, -0.05) is 13.3 Å². The van der Waals surface area contributed by atoms with E-state index in [1.165, 1.54) is 11.7 Å². The van der Waals surface area contributed by atoms with Gasteiger partial charge in [-0.05, 0) is 6.42 Å².